The number of nitrogens with zero attached hydrogens (tertiary/aromatic N) is 1. The van der Waals surface area contributed by atoms with Crippen molar-refractivity contribution in [2.45, 2.75) is 24.8 Å². The van der Waals surface area contributed by atoms with Gasteiger partial charge in [0.2, 0.25) is 5.91 Å². The van der Waals surface area contributed by atoms with Gasteiger partial charge in [-0.25, -0.2) is 4.98 Å². The lowest BCUT2D eigenvalue weighted by Crippen LogP contribution is -2.51. The Hall–Kier alpha value is -1.88. The Kier molecular flexibility index (Phi) is 2.20. The number of hydrogen-bond acceptors (Lipinski definition) is 3. The van der Waals surface area contributed by atoms with Crippen molar-refractivity contribution in [2.75, 3.05) is 13.2 Å². The second-order valence-electron chi connectivity index (χ2n) is 5.28. The molecule has 0 bridgehead atoms. The summed E-state index contributed by atoms with van der Waals surface area (Å²) in [4.78, 5) is 20.1. The van der Waals surface area contributed by atoms with Gasteiger partial charge in [-0.15, -0.1) is 0 Å². The summed E-state index contributed by atoms with van der Waals surface area (Å²) in [6.45, 7) is 1.85. The maximum Gasteiger partial charge on any atom is 0.231 e. The second-order valence-corrected chi connectivity index (χ2v) is 5.28. The molecule has 2 aliphatic heterocycles. The van der Waals surface area contributed by atoms with Gasteiger partial charge in [0, 0.05) is 37.5 Å². The van der Waals surface area contributed by atoms with E-state index in [-0.39, 0.29) is 5.91 Å². The third kappa shape index (κ3) is 1.39. The molecule has 19 heavy (non-hydrogen) atoms. The molecule has 5 heteroatoms. The SMILES string of the molecule is O=C1NCc2cnc3[nH]ccc3c2C12CCOCC2. The molecule has 0 radical (unpaired) electrons. The van der Waals surface area contributed by atoms with Crippen molar-refractivity contribution in [3.63, 3.8) is 0 Å². The summed E-state index contributed by atoms with van der Waals surface area (Å²) in [6, 6.07) is 2.02. The summed E-state index contributed by atoms with van der Waals surface area (Å²) in [7, 11) is 0. The molecule has 0 aromatic carbocycles. The quantitative estimate of drug-likeness (QED) is 0.746. The molecule has 1 saturated heterocycles. The number of carbonyl (C=O) groups excluding carboxylic acids is 1. The Bertz CT molecular complexity index is 656. The number of aromatic amines is 1. The van der Waals surface area contributed by atoms with Gasteiger partial charge in [-0.2, -0.15) is 0 Å². The van der Waals surface area contributed by atoms with E-state index in [0.717, 1.165) is 35.0 Å². The van der Waals surface area contributed by atoms with Crippen molar-refractivity contribution < 1.29 is 9.53 Å². The van der Waals surface area contributed by atoms with Gasteiger partial charge in [0.05, 0.1) is 5.41 Å². The number of aromatic nitrogens is 2. The summed E-state index contributed by atoms with van der Waals surface area (Å²) < 4.78 is 5.45. The first-order chi connectivity index (χ1) is 9.31. The summed E-state index contributed by atoms with van der Waals surface area (Å²) in [5.41, 5.74) is 2.72. The molecule has 2 aromatic rings. The third-order valence-corrected chi connectivity index (χ3v) is 4.36. The Balaban J connectivity index is 2.02. The first kappa shape index (κ1) is 11.0. The van der Waals surface area contributed by atoms with Crippen LogP contribution in [0.3, 0.4) is 0 Å². The maximum absolute atomic E-state index is 12.5. The van der Waals surface area contributed by atoms with Crippen LogP contribution in [-0.2, 0) is 21.5 Å². The molecule has 2 N–H and O–H groups in total. The van der Waals surface area contributed by atoms with Crippen molar-refractivity contribution >= 4 is 16.9 Å². The lowest BCUT2D eigenvalue weighted by Gasteiger charge is -2.40. The molecule has 2 aromatic heterocycles. The van der Waals surface area contributed by atoms with Gasteiger partial charge in [0.1, 0.15) is 5.65 Å². The van der Waals surface area contributed by atoms with E-state index in [0.29, 0.717) is 19.8 Å². The van der Waals surface area contributed by atoms with Crippen LogP contribution in [0.1, 0.15) is 24.0 Å². The first-order valence-corrected chi connectivity index (χ1v) is 6.63. The lowest BCUT2D eigenvalue weighted by atomic mass is 9.69. The van der Waals surface area contributed by atoms with Crippen molar-refractivity contribution in [3.8, 4) is 0 Å². The standard InChI is InChI=1S/C14H15N3O2/c18-13-14(2-5-19-6-3-14)11-9(8-17-13)7-16-12-10(11)1-4-15-12/h1,4,7H,2-3,5-6,8H2,(H,15,16)(H,17,18). The van der Waals surface area contributed by atoms with Crippen molar-refractivity contribution in [1.82, 2.24) is 15.3 Å². The van der Waals surface area contributed by atoms with Gasteiger partial charge in [-0.05, 0) is 30.0 Å². The van der Waals surface area contributed by atoms with Crippen LogP contribution >= 0.6 is 0 Å². The van der Waals surface area contributed by atoms with E-state index in [2.05, 4.69) is 15.3 Å². The largest absolute Gasteiger partial charge is 0.381 e. The number of H-pyrrole nitrogens is 1. The third-order valence-electron chi connectivity index (χ3n) is 4.36. The van der Waals surface area contributed by atoms with Gasteiger partial charge in [-0.1, -0.05) is 0 Å². The molecule has 0 aliphatic carbocycles. The highest BCUT2D eigenvalue weighted by Gasteiger charge is 2.46. The Morgan fingerprint density at radius 3 is 3.00 bits per heavy atom. The molecular weight excluding hydrogens is 242 g/mol. The van der Waals surface area contributed by atoms with Crippen molar-refractivity contribution in [2.24, 2.45) is 0 Å². The molecular formula is C14H15N3O2. The molecule has 0 saturated carbocycles. The summed E-state index contributed by atoms with van der Waals surface area (Å²) in [6.07, 6.45) is 5.26. The Morgan fingerprint density at radius 2 is 2.16 bits per heavy atom. The number of hydrogen-bond donors (Lipinski definition) is 2. The van der Waals surface area contributed by atoms with Crippen LogP contribution in [0.15, 0.2) is 18.5 Å². The molecule has 1 fully saturated rings. The van der Waals surface area contributed by atoms with Gasteiger partial charge in [-0.3, -0.25) is 4.79 Å². The predicted molar refractivity (Wildman–Crippen MR) is 69.7 cm³/mol. The molecule has 1 spiro atoms. The topological polar surface area (TPSA) is 67.0 Å². The first-order valence-electron chi connectivity index (χ1n) is 6.63. The number of rotatable bonds is 0. The van der Waals surface area contributed by atoms with Crippen LogP contribution in [0, 0.1) is 0 Å². The number of ether oxygens (including phenoxy) is 1. The zero-order chi connectivity index (χ0) is 12.9. The summed E-state index contributed by atoms with van der Waals surface area (Å²) >= 11 is 0. The second kappa shape index (κ2) is 3.81. The van der Waals surface area contributed by atoms with Crippen LogP contribution in [-0.4, -0.2) is 29.1 Å². The van der Waals surface area contributed by atoms with Crippen LogP contribution in [0.25, 0.3) is 11.0 Å². The molecule has 1 amide bonds. The van der Waals surface area contributed by atoms with Crippen LogP contribution < -0.4 is 5.32 Å². The predicted octanol–water partition coefficient (Wildman–Crippen LogP) is 1.24. The molecule has 4 heterocycles. The fourth-order valence-electron chi connectivity index (χ4n) is 3.40. The fraction of sp³-hybridized carbons (Fsp3) is 0.429. The molecule has 0 unspecified atom stereocenters. The smallest absolute Gasteiger partial charge is 0.231 e. The number of nitrogens with one attached hydrogen (secondary N) is 2. The summed E-state index contributed by atoms with van der Waals surface area (Å²) in [5.74, 6) is 0.136. The number of pyridine rings is 1. The van der Waals surface area contributed by atoms with E-state index in [1.165, 1.54) is 0 Å². The van der Waals surface area contributed by atoms with Crippen LogP contribution in [0.4, 0.5) is 0 Å². The Morgan fingerprint density at radius 1 is 1.32 bits per heavy atom. The zero-order valence-corrected chi connectivity index (χ0v) is 10.5. The molecule has 98 valence electrons. The highest BCUT2D eigenvalue weighted by Crippen LogP contribution is 2.42. The number of fused-ring (bicyclic) bond motifs is 4. The summed E-state index contributed by atoms with van der Waals surface area (Å²) in [5, 5.41) is 4.09. The number of amides is 1. The molecule has 0 atom stereocenters. The van der Waals surface area contributed by atoms with E-state index in [4.69, 9.17) is 4.74 Å². The average Bonchev–Trinajstić information content (AvgIpc) is 2.92. The highest BCUT2D eigenvalue weighted by atomic mass is 16.5. The van der Waals surface area contributed by atoms with Gasteiger partial charge in [0.25, 0.3) is 0 Å². The molecule has 4 rings (SSSR count). The van der Waals surface area contributed by atoms with E-state index in [1.807, 2.05) is 18.5 Å². The lowest BCUT2D eigenvalue weighted by molar-refractivity contribution is -0.131. The van der Waals surface area contributed by atoms with E-state index < -0.39 is 5.41 Å². The van der Waals surface area contributed by atoms with Crippen molar-refractivity contribution in [1.29, 1.82) is 0 Å². The van der Waals surface area contributed by atoms with Gasteiger partial charge < -0.3 is 15.0 Å². The minimum Gasteiger partial charge on any atom is -0.381 e. The Labute approximate surface area is 110 Å². The van der Waals surface area contributed by atoms with Gasteiger partial charge >= 0.3 is 0 Å². The van der Waals surface area contributed by atoms with Crippen LogP contribution in [0.2, 0.25) is 0 Å². The van der Waals surface area contributed by atoms with Crippen LogP contribution in [0.5, 0.6) is 0 Å². The maximum atomic E-state index is 12.5. The molecule has 2 aliphatic rings. The van der Waals surface area contributed by atoms with Gasteiger partial charge in [0.15, 0.2) is 0 Å². The fourth-order valence-corrected chi connectivity index (χ4v) is 3.40. The average molecular weight is 257 g/mol. The van der Waals surface area contributed by atoms with E-state index in [1.54, 1.807) is 0 Å². The van der Waals surface area contributed by atoms with E-state index >= 15 is 0 Å². The minimum absolute atomic E-state index is 0.136. The van der Waals surface area contributed by atoms with E-state index in [9.17, 15) is 4.79 Å². The minimum atomic E-state index is -0.435. The highest BCUT2D eigenvalue weighted by molar-refractivity contribution is 5.96. The number of carbonyl (C=O) groups is 1. The van der Waals surface area contributed by atoms with Crippen molar-refractivity contribution in [3.05, 3.63) is 29.6 Å². The zero-order valence-electron chi connectivity index (χ0n) is 10.5. The normalized spacial score (nSPS) is 21.4. The monoisotopic (exact) mass is 257 g/mol. The molecule has 5 nitrogen and oxygen atoms in total.